The molecular weight excluding hydrogens is 176 g/mol. The fraction of sp³-hybridized carbons (Fsp3) is 0.727. The molecule has 0 bridgehead atoms. The van der Waals surface area contributed by atoms with Crippen LogP contribution in [0.1, 0.15) is 33.6 Å². The van der Waals surface area contributed by atoms with Crippen LogP contribution in [0.4, 0.5) is 0 Å². The second kappa shape index (κ2) is 8.75. The van der Waals surface area contributed by atoms with Gasteiger partial charge in [0, 0.05) is 19.0 Å². The van der Waals surface area contributed by atoms with E-state index in [4.69, 9.17) is 0 Å². The van der Waals surface area contributed by atoms with Gasteiger partial charge in [-0.2, -0.15) is 0 Å². The Morgan fingerprint density at radius 1 is 1.36 bits per heavy atom. The molecule has 0 fully saturated rings. The minimum Gasteiger partial charge on any atom is -0.354 e. The van der Waals surface area contributed by atoms with E-state index in [1.807, 2.05) is 26.8 Å². The fourth-order valence-electron chi connectivity index (χ4n) is 1.07. The van der Waals surface area contributed by atoms with E-state index in [1.54, 1.807) is 0 Å². The van der Waals surface area contributed by atoms with Crippen molar-refractivity contribution >= 4 is 5.91 Å². The van der Waals surface area contributed by atoms with Gasteiger partial charge in [0.05, 0.1) is 0 Å². The van der Waals surface area contributed by atoms with E-state index in [0.29, 0.717) is 6.42 Å². The van der Waals surface area contributed by atoms with Gasteiger partial charge in [-0.3, -0.25) is 4.79 Å². The van der Waals surface area contributed by atoms with Crippen molar-refractivity contribution in [3.8, 4) is 0 Å². The number of nitrogens with one attached hydrogen (secondary N) is 2. The van der Waals surface area contributed by atoms with Gasteiger partial charge < -0.3 is 10.6 Å². The lowest BCUT2D eigenvalue weighted by Crippen LogP contribution is -2.32. The minimum atomic E-state index is 0.124. The smallest absolute Gasteiger partial charge is 0.221 e. The van der Waals surface area contributed by atoms with Gasteiger partial charge in [-0.25, -0.2) is 0 Å². The zero-order chi connectivity index (χ0) is 10.8. The first kappa shape index (κ1) is 13.2. The zero-order valence-electron chi connectivity index (χ0n) is 9.47. The highest BCUT2D eigenvalue weighted by atomic mass is 16.1. The van der Waals surface area contributed by atoms with Gasteiger partial charge in [-0.1, -0.05) is 12.2 Å². The summed E-state index contributed by atoms with van der Waals surface area (Å²) in [5.74, 6) is 0.124. The van der Waals surface area contributed by atoms with Crippen molar-refractivity contribution in [1.82, 2.24) is 10.6 Å². The summed E-state index contributed by atoms with van der Waals surface area (Å²) in [6.07, 6.45) is 5.74. The summed E-state index contributed by atoms with van der Waals surface area (Å²) in [6.45, 7) is 7.65. The van der Waals surface area contributed by atoms with Gasteiger partial charge in [0.15, 0.2) is 0 Å². The zero-order valence-corrected chi connectivity index (χ0v) is 9.47. The van der Waals surface area contributed by atoms with Crippen molar-refractivity contribution in [2.45, 2.75) is 39.7 Å². The molecule has 3 nitrogen and oxygen atoms in total. The molecule has 0 aromatic carbocycles. The molecule has 2 N–H and O–H groups in total. The molecule has 1 amide bonds. The van der Waals surface area contributed by atoms with Crippen LogP contribution in [0.25, 0.3) is 0 Å². The molecular formula is C11H22N2O. The molecule has 3 heteroatoms. The van der Waals surface area contributed by atoms with Crippen molar-refractivity contribution in [2.75, 3.05) is 13.1 Å². The summed E-state index contributed by atoms with van der Waals surface area (Å²) in [4.78, 5) is 11.2. The molecule has 0 aromatic heterocycles. The molecule has 0 radical (unpaired) electrons. The van der Waals surface area contributed by atoms with E-state index < -0.39 is 0 Å². The first-order chi connectivity index (χ1) is 6.66. The second-order valence-corrected chi connectivity index (χ2v) is 3.58. The highest BCUT2D eigenvalue weighted by Crippen LogP contribution is 1.83. The lowest BCUT2D eigenvalue weighted by molar-refractivity contribution is -0.121. The molecule has 0 aliphatic rings. The molecule has 0 aliphatic carbocycles. The van der Waals surface area contributed by atoms with Gasteiger partial charge >= 0.3 is 0 Å². The SMILES string of the molecule is C/C=C/CCNCCC(=O)NC(C)C. The van der Waals surface area contributed by atoms with Crippen LogP contribution in [0.5, 0.6) is 0 Å². The van der Waals surface area contributed by atoms with Crippen molar-refractivity contribution < 1.29 is 4.79 Å². The number of hydrogen-bond donors (Lipinski definition) is 2. The number of carbonyl (C=O) groups excluding carboxylic acids is 1. The van der Waals surface area contributed by atoms with E-state index in [1.165, 1.54) is 0 Å². The number of allylic oxidation sites excluding steroid dienone is 1. The Hall–Kier alpha value is -0.830. The lowest BCUT2D eigenvalue weighted by Gasteiger charge is -2.08. The van der Waals surface area contributed by atoms with Crippen molar-refractivity contribution in [3.05, 3.63) is 12.2 Å². The predicted molar refractivity (Wildman–Crippen MR) is 60.2 cm³/mol. The lowest BCUT2D eigenvalue weighted by atomic mass is 10.3. The Kier molecular flexibility index (Phi) is 8.24. The number of hydrogen-bond acceptors (Lipinski definition) is 2. The Morgan fingerprint density at radius 3 is 2.64 bits per heavy atom. The van der Waals surface area contributed by atoms with E-state index in [2.05, 4.69) is 16.7 Å². The van der Waals surface area contributed by atoms with E-state index in [9.17, 15) is 4.79 Å². The Labute approximate surface area is 87.0 Å². The molecule has 0 saturated heterocycles. The quantitative estimate of drug-likeness (QED) is 0.480. The van der Waals surface area contributed by atoms with E-state index in [-0.39, 0.29) is 11.9 Å². The van der Waals surface area contributed by atoms with Crippen molar-refractivity contribution in [2.24, 2.45) is 0 Å². The summed E-state index contributed by atoms with van der Waals surface area (Å²) in [6, 6.07) is 0.241. The molecule has 14 heavy (non-hydrogen) atoms. The molecule has 0 heterocycles. The molecule has 0 saturated carbocycles. The normalized spacial score (nSPS) is 11.1. The van der Waals surface area contributed by atoms with Gasteiger partial charge in [-0.15, -0.1) is 0 Å². The van der Waals surface area contributed by atoms with Crippen molar-refractivity contribution in [3.63, 3.8) is 0 Å². The molecule has 0 unspecified atom stereocenters. The Balaban J connectivity index is 3.23. The molecule has 0 aromatic rings. The van der Waals surface area contributed by atoms with Crippen LogP contribution in [0.2, 0.25) is 0 Å². The van der Waals surface area contributed by atoms with Gasteiger partial charge in [0.1, 0.15) is 0 Å². The third kappa shape index (κ3) is 9.26. The van der Waals surface area contributed by atoms with Gasteiger partial charge in [0.25, 0.3) is 0 Å². The maximum atomic E-state index is 11.2. The maximum absolute atomic E-state index is 11.2. The third-order valence-electron chi connectivity index (χ3n) is 1.70. The number of rotatable bonds is 7. The van der Waals surface area contributed by atoms with Crippen LogP contribution in [0, 0.1) is 0 Å². The van der Waals surface area contributed by atoms with Gasteiger partial charge in [-0.05, 0) is 33.7 Å². The molecule has 0 spiro atoms. The summed E-state index contributed by atoms with van der Waals surface area (Å²) < 4.78 is 0. The first-order valence-electron chi connectivity index (χ1n) is 5.28. The average Bonchev–Trinajstić information content (AvgIpc) is 2.10. The third-order valence-corrected chi connectivity index (χ3v) is 1.70. The highest BCUT2D eigenvalue weighted by Gasteiger charge is 2.01. The summed E-state index contributed by atoms with van der Waals surface area (Å²) in [7, 11) is 0. The molecule has 0 rings (SSSR count). The van der Waals surface area contributed by atoms with Crippen LogP contribution in [0.3, 0.4) is 0 Å². The van der Waals surface area contributed by atoms with Crippen LogP contribution in [-0.4, -0.2) is 25.0 Å². The van der Waals surface area contributed by atoms with Crippen molar-refractivity contribution in [1.29, 1.82) is 0 Å². The molecule has 82 valence electrons. The van der Waals surface area contributed by atoms with Crippen LogP contribution in [-0.2, 0) is 4.79 Å². The fourth-order valence-corrected chi connectivity index (χ4v) is 1.07. The maximum Gasteiger partial charge on any atom is 0.221 e. The Morgan fingerprint density at radius 2 is 2.07 bits per heavy atom. The summed E-state index contributed by atoms with van der Waals surface area (Å²) >= 11 is 0. The molecule has 0 aliphatic heterocycles. The highest BCUT2D eigenvalue weighted by molar-refractivity contribution is 5.76. The van der Waals surface area contributed by atoms with Crippen LogP contribution < -0.4 is 10.6 Å². The molecule has 0 atom stereocenters. The topological polar surface area (TPSA) is 41.1 Å². The largest absolute Gasteiger partial charge is 0.354 e. The summed E-state index contributed by atoms with van der Waals surface area (Å²) in [5, 5.41) is 6.06. The second-order valence-electron chi connectivity index (χ2n) is 3.58. The summed E-state index contributed by atoms with van der Waals surface area (Å²) in [5.41, 5.74) is 0. The average molecular weight is 198 g/mol. The first-order valence-corrected chi connectivity index (χ1v) is 5.28. The van der Waals surface area contributed by atoms with Crippen LogP contribution >= 0.6 is 0 Å². The van der Waals surface area contributed by atoms with Crippen LogP contribution in [0.15, 0.2) is 12.2 Å². The van der Waals surface area contributed by atoms with E-state index in [0.717, 1.165) is 19.5 Å². The number of carbonyl (C=O) groups is 1. The monoisotopic (exact) mass is 198 g/mol. The minimum absolute atomic E-state index is 0.124. The standard InChI is InChI=1S/C11H22N2O/c1-4-5-6-8-12-9-7-11(14)13-10(2)3/h4-5,10,12H,6-9H2,1-3H3,(H,13,14)/b5-4+. The van der Waals surface area contributed by atoms with E-state index >= 15 is 0 Å². The number of amides is 1. The van der Waals surface area contributed by atoms with Gasteiger partial charge in [0.2, 0.25) is 5.91 Å². The predicted octanol–water partition coefficient (Wildman–Crippen LogP) is 1.46. The Bertz CT molecular complexity index is 176.